The van der Waals surface area contributed by atoms with Crippen LogP contribution in [0.2, 0.25) is 0 Å². The van der Waals surface area contributed by atoms with E-state index in [0.29, 0.717) is 29.7 Å². The molecule has 0 atom stereocenters. The number of aliphatic hydroxyl groups is 1. The van der Waals surface area contributed by atoms with Crippen molar-refractivity contribution in [2.24, 2.45) is 0 Å². The number of H-pyrrole nitrogens is 1. The van der Waals surface area contributed by atoms with Gasteiger partial charge in [0, 0.05) is 17.7 Å². The van der Waals surface area contributed by atoms with Crippen molar-refractivity contribution in [2.45, 2.75) is 51.3 Å². The normalized spacial score (nSPS) is 20.1. The third kappa shape index (κ3) is 3.52. The molecule has 0 unspecified atom stereocenters. The molecule has 27 heavy (non-hydrogen) atoms. The maximum atomic E-state index is 12.4. The van der Waals surface area contributed by atoms with E-state index >= 15 is 0 Å². The topological polar surface area (TPSA) is 113 Å². The van der Waals surface area contributed by atoms with Crippen LogP contribution >= 0.6 is 0 Å². The summed E-state index contributed by atoms with van der Waals surface area (Å²) in [5, 5.41) is 16.3. The van der Waals surface area contributed by atoms with Crippen LogP contribution in [0.3, 0.4) is 0 Å². The highest BCUT2D eigenvalue weighted by atomic mass is 16.5. The van der Waals surface area contributed by atoms with Crippen molar-refractivity contribution >= 4 is 16.9 Å². The van der Waals surface area contributed by atoms with Gasteiger partial charge in [-0.2, -0.15) is 0 Å². The summed E-state index contributed by atoms with van der Waals surface area (Å²) in [6.45, 7) is 2.07. The summed E-state index contributed by atoms with van der Waals surface area (Å²) in [5.41, 5.74) is 2.46. The van der Waals surface area contributed by atoms with Crippen molar-refractivity contribution in [3.63, 3.8) is 0 Å². The second kappa shape index (κ2) is 7.03. The third-order valence-corrected chi connectivity index (χ3v) is 5.11. The summed E-state index contributed by atoms with van der Waals surface area (Å²) in [6, 6.07) is 7.04. The minimum atomic E-state index is -0.273. The lowest BCUT2D eigenvalue weighted by Gasteiger charge is -2.26. The fraction of sp³-hybridized carbons (Fsp3) is 0.421. The van der Waals surface area contributed by atoms with Gasteiger partial charge in [0.1, 0.15) is 0 Å². The molecule has 1 aliphatic rings. The molecule has 0 saturated heterocycles. The molecule has 0 spiro atoms. The van der Waals surface area contributed by atoms with Crippen molar-refractivity contribution in [3.05, 3.63) is 51.8 Å². The summed E-state index contributed by atoms with van der Waals surface area (Å²) in [7, 11) is 0. The van der Waals surface area contributed by atoms with Crippen LogP contribution in [-0.4, -0.2) is 31.8 Å². The Balaban J connectivity index is 1.54. The van der Waals surface area contributed by atoms with E-state index in [2.05, 4.69) is 15.5 Å². The van der Waals surface area contributed by atoms with Crippen LogP contribution in [0.4, 0.5) is 0 Å². The lowest BCUT2D eigenvalue weighted by atomic mass is 9.93. The average molecular weight is 370 g/mol. The number of rotatable bonds is 4. The first kappa shape index (κ1) is 17.5. The Kier molecular flexibility index (Phi) is 4.57. The highest BCUT2D eigenvalue weighted by molar-refractivity contribution is 5.97. The van der Waals surface area contributed by atoms with Crippen LogP contribution in [-0.2, 0) is 6.54 Å². The van der Waals surface area contributed by atoms with Gasteiger partial charge in [-0.1, -0.05) is 5.16 Å². The molecule has 1 aliphatic carbocycles. The van der Waals surface area contributed by atoms with Crippen LogP contribution in [0.1, 0.15) is 53.5 Å². The number of nitrogens with zero attached hydrogens (tertiary/aromatic N) is 2. The Morgan fingerprint density at radius 1 is 1.33 bits per heavy atom. The standard InChI is InChI=1S/C19H22N4O4/c1-11-8-15(27-22-11)10-20-18(25)12-2-7-17-16(9-12)21-19(26)23(17)13-3-5-14(24)6-4-13/h2,7-9,13-14,24H,3-6,10H2,1H3,(H,20,25)(H,21,26). The molecule has 3 aromatic rings. The Morgan fingerprint density at radius 3 is 2.81 bits per heavy atom. The number of imidazole rings is 1. The van der Waals surface area contributed by atoms with E-state index in [1.807, 2.05) is 6.92 Å². The maximum absolute atomic E-state index is 12.4. The van der Waals surface area contributed by atoms with Gasteiger partial charge in [0.15, 0.2) is 5.76 Å². The maximum Gasteiger partial charge on any atom is 0.326 e. The number of aromatic amines is 1. The zero-order chi connectivity index (χ0) is 19.0. The van der Waals surface area contributed by atoms with Crippen LogP contribution in [0.5, 0.6) is 0 Å². The fourth-order valence-corrected chi connectivity index (χ4v) is 3.72. The number of carbonyl (C=O) groups excluding carboxylic acids is 1. The van der Waals surface area contributed by atoms with E-state index in [1.165, 1.54) is 0 Å². The quantitative estimate of drug-likeness (QED) is 0.650. The summed E-state index contributed by atoms with van der Waals surface area (Å²) < 4.78 is 6.83. The number of aliphatic hydroxyl groups excluding tert-OH is 1. The first-order valence-electron chi connectivity index (χ1n) is 9.14. The van der Waals surface area contributed by atoms with Crippen LogP contribution in [0.15, 0.2) is 33.6 Å². The van der Waals surface area contributed by atoms with Gasteiger partial charge in [-0.3, -0.25) is 9.36 Å². The summed E-state index contributed by atoms with van der Waals surface area (Å²) in [5.74, 6) is 0.335. The van der Waals surface area contributed by atoms with Crippen molar-refractivity contribution in [1.29, 1.82) is 0 Å². The van der Waals surface area contributed by atoms with Gasteiger partial charge in [-0.25, -0.2) is 4.79 Å². The third-order valence-electron chi connectivity index (χ3n) is 5.11. The molecule has 142 valence electrons. The largest absolute Gasteiger partial charge is 0.393 e. The van der Waals surface area contributed by atoms with Crippen molar-refractivity contribution < 1.29 is 14.4 Å². The van der Waals surface area contributed by atoms with Gasteiger partial charge in [0.05, 0.1) is 29.4 Å². The molecule has 1 amide bonds. The molecule has 1 aromatic carbocycles. The van der Waals surface area contributed by atoms with Gasteiger partial charge in [-0.15, -0.1) is 0 Å². The Hall–Kier alpha value is -2.87. The number of hydrogen-bond donors (Lipinski definition) is 3. The molecule has 0 radical (unpaired) electrons. The summed E-state index contributed by atoms with van der Waals surface area (Å²) >= 11 is 0. The number of hydrogen-bond acceptors (Lipinski definition) is 5. The highest BCUT2D eigenvalue weighted by Crippen LogP contribution is 2.29. The average Bonchev–Trinajstić information content (AvgIpc) is 3.22. The molecule has 3 N–H and O–H groups in total. The zero-order valence-electron chi connectivity index (χ0n) is 15.1. The molecule has 0 bridgehead atoms. The monoisotopic (exact) mass is 370 g/mol. The minimum absolute atomic E-state index is 0.0732. The van der Waals surface area contributed by atoms with Gasteiger partial charge in [-0.05, 0) is 50.8 Å². The Labute approximate surface area is 155 Å². The van der Waals surface area contributed by atoms with E-state index < -0.39 is 0 Å². The van der Waals surface area contributed by atoms with Gasteiger partial charge in [0.25, 0.3) is 5.91 Å². The molecular weight excluding hydrogens is 348 g/mol. The smallest absolute Gasteiger partial charge is 0.326 e. The predicted molar refractivity (Wildman–Crippen MR) is 98.5 cm³/mol. The molecule has 1 saturated carbocycles. The molecule has 8 nitrogen and oxygen atoms in total. The van der Waals surface area contributed by atoms with Crippen molar-refractivity contribution in [1.82, 2.24) is 20.0 Å². The lowest BCUT2D eigenvalue weighted by molar-refractivity contribution is 0.0947. The first-order valence-corrected chi connectivity index (χ1v) is 9.14. The molecular formula is C19H22N4O4. The minimum Gasteiger partial charge on any atom is -0.393 e. The van der Waals surface area contributed by atoms with Gasteiger partial charge in [0.2, 0.25) is 0 Å². The van der Waals surface area contributed by atoms with Gasteiger partial charge < -0.3 is 19.9 Å². The highest BCUT2D eigenvalue weighted by Gasteiger charge is 2.24. The van der Waals surface area contributed by atoms with Crippen LogP contribution in [0.25, 0.3) is 11.0 Å². The predicted octanol–water partition coefficient (Wildman–Crippen LogP) is 2.03. The van der Waals surface area contributed by atoms with E-state index in [9.17, 15) is 14.7 Å². The molecule has 8 heteroatoms. The molecule has 4 rings (SSSR count). The van der Waals surface area contributed by atoms with E-state index in [1.54, 1.807) is 28.8 Å². The van der Waals surface area contributed by atoms with Crippen molar-refractivity contribution in [2.75, 3.05) is 0 Å². The number of amides is 1. The van der Waals surface area contributed by atoms with Gasteiger partial charge >= 0.3 is 5.69 Å². The fourth-order valence-electron chi connectivity index (χ4n) is 3.72. The number of aromatic nitrogens is 3. The Morgan fingerprint density at radius 2 is 2.11 bits per heavy atom. The van der Waals surface area contributed by atoms with Crippen LogP contribution < -0.4 is 11.0 Å². The summed E-state index contributed by atoms with van der Waals surface area (Å²) in [4.78, 5) is 27.7. The first-order chi connectivity index (χ1) is 13.0. The second-order valence-electron chi connectivity index (χ2n) is 7.11. The van der Waals surface area contributed by atoms with Crippen molar-refractivity contribution in [3.8, 4) is 0 Å². The number of aryl methyl sites for hydroxylation is 1. The number of benzene rings is 1. The van der Waals surface area contributed by atoms with E-state index in [-0.39, 0.29) is 30.3 Å². The second-order valence-corrected chi connectivity index (χ2v) is 7.11. The molecule has 2 aromatic heterocycles. The number of nitrogens with one attached hydrogen (secondary N) is 2. The SMILES string of the molecule is Cc1cc(CNC(=O)c2ccc3c(c2)[nH]c(=O)n3C2CCC(O)CC2)on1. The van der Waals surface area contributed by atoms with Crippen LogP contribution in [0, 0.1) is 6.92 Å². The summed E-state index contributed by atoms with van der Waals surface area (Å²) in [6.07, 6.45) is 2.67. The number of fused-ring (bicyclic) bond motifs is 1. The number of carbonyl (C=O) groups is 1. The van der Waals surface area contributed by atoms with E-state index in [4.69, 9.17) is 4.52 Å². The molecule has 2 heterocycles. The lowest BCUT2D eigenvalue weighted by Crippen LogP contribution is -2.27. The zero-order valence-corrected chi connectivity index (χ0v) is 15.1. The molecule has 0 aliphatic heterocycles. The Bertz CT molecular complexity index is 1020. The van der Waals surface area contributed by atoms with E-state index in [0.717, 1.165) is 24.1 Å². The molecule has 1 fully saturated rings.